The van der Waals surface area contributed by atoms with E-state index in [0.29, 0.717) is 12.2 Å². The summed E-state index contributed by atoms with van der Waals surface area (Å²) in [5.41, 5.74) is 3.80. The van der Waals surface area contributed by atoms with Gasteiger partial charge in [-0.1, -0.05) is 50.6 Å². The van der Waals surface area contributed by atoms with Gasteiger partial charge in [-0.15, -0.1) is 11.8 Å². The molecule has 5 heteroatoms. The molecule has 27 heavy (non-hydrogen) atoms. The van der Waals surface area contributed by atoms with E-state index in [9.17, 15) is 9.59 Å². The van der Waals surface area contributed by atoms with Crippen LogP contribution in [0.15, 0.2) is 48.5 Å². The van der Waals surface area contributed by atoms with Crippen molar-refractivity contribution in [1.29, 1.82) is 0 Å². The molecule has 142 valence electrons. The lowest BCUT2D eigenvalue weighted by Gasteiger charge is -2.25. The number of hydrogen-bond donors (Lipinski definition) is 1. The Bertz CT molecular complexity index is 840. The topological polar surface area (TPSA) is 49.4 Å². The van der Waals surface area contributed by atoms with Gasteiger partial charge in [0, 0.05) is 17.8 Å². The Balaban J connectivity index is 1.82. The van der Waals surface area contributed by atoms with Crippen LogP contribution in [-0.4, -0.2) is 17.6 Å². The average molecular weight is 383 g/mol. The predicted octanol–water partition coefficient (Wildman–Crippen LogP) is 5.15. The van der Waals surface area contributed by atoms with Crippen LogP contribution in [-0.2, 0) is 9.59 Å². The van der Waals surface area contributed by atoms with E-state index in [1.54, 1.807) is 11.8 Å². The molecule has 2 amide bonds. The summed E-state index contributed by atoms with van der Waals surface area (Å²) in [6.45, 7) is 8.17. The van der Waals surface area contributed by atoms with E-state index in [-0.39, 0.29) is 22.6 Å². The smallest absolute Gasteiger partial charge is 0.238 e. The Kier molecular flexibility index (Phi) is 5.61. The normalized spacial score (nSPS) is 17.3. The molecular formula is C22H26N2O2S. The summed E-state index contributed by atoms with van der Waals surface area (Å²) < 4.78 is 0. The molecule has 1 saturated heterocycles. The minimum absolute atomic E-state index is 0.00481. The summed E-state index contributed by atoms with van der Waals surface area (Å²) in [6, 6.07) is 15.8. The first-order valence-electron chi connectivity index (χ1n) is 9.13. The van der Waals surface area contributed by atoms with Crippen LogP contribution in [0.1, 0.15) is 43.7 Å². The second-order valence-electron chi connectivity index (χ2n) is 8.17. The molecule has 0 saturated carbocycles. The fraction of sp³-hybridized carbons (Fsp3) is 0.364. The number of carbonyl (C=O) groups excluding carboxylic acids is 2. The number of carbonyl (C=O) groups is 2. The minimum atomic E-state index is -0.0836. The Morgan fingerprint density at radius 3 is 2.56 bits per heavy atom. The number of rotatable bonds is 4. The quantitative estimate of drug-likeness (QED) is 0.796. The van der Waals surface area contributed by atoms with E-state index in [2.05, 4.69) is 5.32 Å². The summed E-state index contributed by atoms with van der Waals surface area (Å²) >= 11 is 1.61. The lowest BCUT2D eigenvalue weighted by atomic mass is 9.92. The van der Waals surface area contributed by atoms with Crippen LogP contribution in [0.4, 0.5) is 11.4 Å². The lowest BCUT2D eigenvalue weighted by molar-refractivity contribution is -0.118. The molecule has 1 fully saturated rings. The molecule has 0 unspecified atom stereocenters. The van der Waals surface area contributed by atoms with Crippen LogP contribution < -0.4 is 10.2 Å². The molecule has 0 spiro atoms. The van der Waals surface area contributed by atoms with Crippen molar-refractivity contribution in [1.82, 2.24) is 0 Å². The fourth-order valence-corrected chi connectivity index (χ4v) is 4.28. The zero-order valence-corrected chi connectivity index (χ0v) is 17.1. The van der Waals surface area contributed by atoms with Gasteiger partial charge < -0.3 is 5.32 Å². The molecule has 4 nitrogen and oxygen atoms in total. The van der Waals surface area contributed by atoms with Gasteiger partial charge in [0.05, 0.1) is 5.75 Å². The van der Waals surface area contributed by atoms with Crippen LogP contribution >= 0.6 is 11.8 Å². The first kappa shape index (κ1) is 19.5. The van der Waals surface area contributed by atoms with Gasteiger partial charge in [0.1, 0.15) is 5.37 Å². The predicted molar refractivity (Wildman–Crippen MR) is 113 cm³/mol. The lowest BCUT2D eigenvalue weighted by Crippen LogP contribution is -2.27. The standard InChI is InChI=1S/C22H26N2O2S/c1-15-8-10-18(11-9-15)24-20(26)14-27-21(24)16-6-5-7-17(12-16)23-19(25)13-22(2,3)4/h5-12,21H,13-14H2,1-4H3,(H,23,25)/t21-/m0/s1. The van der Waals surface area contributed by atoms with Crippen molar-refractivity contribution in [2.45, 2.75) is 39.5 Å². The van der Waals surface area contributed by atoms with Crippen molar-refractivity contribution in [3.8, 4) is 0 Å². The van der Waals surface area contributed by atoms with E-state index in [4.69, 9.17) is 0 Å². The summed E-state index contributed by atoms with van der Waals surface area (Å²) in [5, 5.41) is 2.90. The third-order valence-electron chi connectivity index (χ3n) is 4.33. The van der Waals surface area contributed by atoms with Gasteiger partial charge in [0.25, 0.3) is 0 Å². The zero-order chi connectivity index (χ0) is 19.6. The summed E-state index contributed by atoms with van der Waals surface area (Å²) in [5.74, 6) is 0.570. The monoisotopic (exact) mass is 382 g/mol. The Hall–Kier alpha value is -2.27. The fourth-order valence-electron chi connectivity index (χ4n) is 3.11. The number of thioether (sulfide) groups is 1. The number of anilines is 2. The number of hydrogen-bond acceptors (Lipinski definition) is 3. The molecule has 0 radical (unpaired) electrons. The minimum Gasteiger partial charge on any atom is -0.326 e. The molecule has 1 atom stereocenters. The molecular weight excluding hydrogens is 356 g/mol. The van der Waals surface area contributed by atoms with Crippen molar-refractivity contribution in [3.63, 3.8) is 0 Å². The summed E-state index contributed by atoms with van der Waals surface area (Å²) in [7, 11) is 0. The molecule has 2 aromatic rings. The van der Waals surface area contributed by atoms with Crippen LogP contribution in [0, 0.1) is 12.3 Å². The van der Waals surface area contributed by atoms with Crippen LogP contribution in [0.25, 0.3) is 0 Å². The zero-order valence-electron chi connectivity index (χ0n) is 16.3. The number of nitrogens with zero attached hydrogens (tertiary/aromatic N) is 1. The molecule has 1 aliphatic heterocycles. The molecule has 0 aromatic heterocycles. The van der Waals surface area contributed by atoms with Crippen LogP contribution in [0.2, 0.25) is 0 Å². The third kappa shape index (κ3) is 4.92. The van der Waals surface area contributed by atoms with E-state index in [1.807, 2.05) is 81.1 Å². The number of aryl methyl sites for hydroxylation is 1. The van der Waals surface area contributed by atoms with Crippen molar-refractivity contribution < 1.29 is 9.59 Å². The summed E-state index contributed by atoms with van der Waals surface area (Å²) in [6.07, 6.45) is 0.462. The van der Waals surface area contributed by atoms with E-state index >= 15 is 0 Å². The Morgan fingerprint density at radius 1 is 1.19 bits per heavy atom. The Morgan fingerprint density at radius 2 is 1.89 bits per heavy atom. The molecule has 0 bridgehead atoms. The van der Waals surface area contributed by atoms with Gasteiger partial charge >= 0.3 is 0 Å². The highest BCUT2D eigenvalue weighted by molar-refractivity contribution is 8.00. The maximum absolute atomic E-state index is 12.5. The molecule has 1 N–H and O–H groups in total. The molecule has 2 aromatic carbocycles. The highest BCUT2D eigenvalue weighted by Gasteiger charge is 2.34. The third-order valence-corrected chi connectivity index (χ3v) is 5.54. The largest absolute Gasteiger partial charge is 0.326 e. The number of amides is 2. The maximum Gasteiger partial charge on any atom is 0.238 e. The molecule has 1 aliphatic rings. The van der Waals surface area contributed by atoms with Gasteiger partial charge in [-0.2, -0.15) is 0 Å². The molecule has 3 rings (SSSR count). The molecule has 0 aliphatic carbocycles. The van der Waals surface area contributed by atoms with Gasteiger partial charge in [-0.3, -0.25) is 14.5 Å². The van der Waals surface area contributed by atoms with Gasteiger partial charge in [-0.05, 0) is 42.2 Å². The van der Waals surface area contributed by atoms with Gasteiger partial charge in [-0.25, -0.2) is 0 Å². The van der Waals surface area contributed by atoms with E-state index in [0.717, 1.165) is 22.5 Å². The van der Waals surface area contributed by atoms with Crippen LogP contribution in [0.5, 0.6) is 0 Å². The van der Waals surface area contributed by atoms with E-state index in [1.165, 1.54) is 0 Å². The van der Waals surface area contributed by atoms with Crippen LogP contribution in [0.3, 0.4) is 0 Å². The SMILES string of the molecule is Cc1ccc(N2C(=O)CS[C@H]2c2cccc(NC(=O)CC(C)(C)C)c2)cc1. The first-order chi connectivity index (χ1) is 12.7. The Labute approximate surface area is 165 Å². The maximum atomic E-state index is 12.5. The van der Waals surface area contributed by atoms with Crippen molar-refractivity contribution in [2.24, 2.45) is 5.41 Å². The number of nitrogens with one attached hydrogen (secondary N) is 1. The highest BCUT2D eigenvalue weighted by Crippen LogP contribution is 2.42. The van der Waals surface area contributed by atoms with Crippen molar-refractivity contribution in [3.05, 3.63) is 59.7 Å². The first-order valence-corrected chi connectivity index (χ1v) is 10.2. The average Bonchev–Trinajstić information content (AvgIpc) is 2.96. The second-order valence-corrected chi connectivity index (χ2v) is 9.24. The number of benzene rings is 2. The highest BCUT2D eigenvalue weighted by atomic mass is 32.2. The van der Waals surface area contributed by atoms with Crippen molar-refractivity contribution >= 4 is 35.0 Å². The van der Waals surface area contributed by atoms with Gasteiger partial charge in [0.2, 0.25) is 11.8 Å². The van der Waals surface area contributed by atoms with E-state index < -0.39 is 0 Å². The second kappa shape index (κ2) is 7.77. The molecule has 1 heterocycles. The summed E-state index contributed by atoms with van der Waals surface area (Å²) in [4.78, 5) is 26.6. The van der Waals surface area contributed by atoms with Crippen molar-refractivity contribution in [2.75, 3.05) is 16.0 Å². The van der Waals surface area contributed by atoms with Gasteiger partial charge in [0.15, 0.2) is 0 Å².